The maximum Gasteiger partial charge on any atom is 0.310 e. The molecule has 20 heavy (non-hydrogen) atoms. The summed E-state index contributed by atoms with van der Waals surface area (Å²) in [5.74, 6) is -1.62. The van der Waals surface area contributed by atoms with Gasteiger partial charge in [0.2, 0.25) is 0 Å². The second kappa shape index (κ2) is 5.81. The Labute approximate surface area is 119 Å². The Kier molecular flexibility index (Phi) is 4.30. The molecule has 1 fully saturated rings. The van der Waals surface area contributed by atoms with Crippen LogP contribution in [-0.4, -0.2) is 54.9 Å². The third-order valence-electron chi connectivity index (χ3n) is 4.06. The van der Waals surface area contributed by atoms with Gasteiger partial charge in [-0.15, -0.1) is 0 Å². The zero-order valence-corrected chi connectivity index (χ0v) is 12.2. The number of aliphatic carboxylic acids is 1. The normalized spacial score (nSPS) is 27.3. The second-order valence-corrected chi connectivity index (χ2v) is 5.69. The Balaban J connectivity index is 2.15. The fraction of sp³-hybridized carbons (Fsp3) is 0.533. The summed E-state index contributed by atoms with van der Waals surface area (Å²) in [6, 6.07) is 8.24. The third-order valence-corrected chi connectivity index (χ3v) is 4.06. The van der Waals surface area contributed by atoms with E-state index in [0.717, 1.165) is 11.3 Å². The van der Waals surface area contributed by atoms with Crippen molar-refractivity contribution in [2.24, 2.45) is 5.92 Å². The zero-order valence-electron chi connectivity index (χ0n) is 12.2. The number of carboxylic acid groups (broad SMARTS) is 1. The molecule has 0 radical (unpaired) electrons. The minimum absolute atomic E-state index is 0.0665. The first-order valence-electron chi connectivity index (χ1n) is 6.78. The number of carbonyl (C=O) groups is 1. The van der Waals surface area contributed by atoms with Gasteiger partial charge in [-0.25, -0.2) is 0 Å². The van der Waals surface area contributed by atoms with Crippen LogP contribution in [0.2, 0.25) is 0 Å². The Bertz CT molecular complexity index is 473. The van der Waals surface area contributed by atoms with Crippen molar-refractivity contribution >= 4 is 11.7 Å². The predicted octanol–water partition coefficient (Wildman–Crippen LogP) is 1.19. The fourth-order valence-corrected chi connectivity index (χ4v) is 2.76. The number of piperidine rings is 1. The zero-order chi connectivity index (χ0) is 14.9. The van der Waals surface area contributed by atoms with Gasteiger partial charge in [0, 0.05) is 32.4 Å². The van der Waals surface area contributed by atoms with Gasteiger partial charge in [0.05, 0.1) is 12.0 Å². The lowest BCUT2D eigenvalue weighted by molar-refractivity contribution is -0.150. The molecule has 5 nitrogen and oxygen atoms in total. The molecule has 3 unspecified atom stereocenters. The van der Waals surface area contributed by atoms with Crippen molar-refractivity contribution in [3.63, 3.8) is 0 Å². The lowest BCUT2D eigenvalue weighted by atomic mass is 9.87. The molecule has 0 aliphatic carbocycles. The van der Waals surface area contributed by atoms with Crippen molar-refractivity contribution in [1.29, 1.82) is 0 Å². The molecular weight excluding hydrogens is 256 g/mol. The van der Waals surface area contributed by atoms with Gasteiger partial charge in [0.1, 0.15) is 0 Å². The van der Waals surface area contributed by atoms with Crippen molar-refractivity contribution in [1.82, 2.24) is 4.90 Å². The highest BCUT2D eigenvalue weighted by molar-refractivity contribution is 5.71. The summed E-state index contributed by atoms with van der Waals surface area (Å²) in [4.78, 5) is 15.1. The molecule has 0 saturated carbocycles. The largest absolute Gasteiger partial charge is 0.481 e. The Morgan fingerprint density at radius 1 is 1.30 bits per heavy atom. The van der Waals surface area contributed by atoms with Crippen LogP contribution in [0.5, 0.6) is 0 Å². The molecule has 3 atom stereocenters. The summed E-state index contributed by atoms with van der Waals surface area (Å²) in [5, 5.41) is 19.1. The molecule has 2 rings (SSSR count). The summed E-state index contributed by atoms with van der Waals surface area (Å²) >= 11 is 0. The smallest absolute Gasteiger partial charge is 0.310 e. The van der Waals surface area contributed by atoms with E-state index in [1.165, 1.54) is 0 Å². The third kappa shape index (κ3) is 2.94. The summed E-state index contributed by atoms with van der Waals surface area (Å²) in [7, 11) is 5.89. The molecule has 1 aromatic rings. The summed E-state index contributed by atoms with van der Waals surface area (Å²) in [6.45, 7) is 0.372. The number of hydrogen-bond donors (Lipinski definition) is 2. The van der Waals surface area contributed by atoms with Crippen LogP contribution < -0.4 is 4.90 Å². The van der Waals surface area contributed by atoms with E-state index in [1.807, 2.05) is 55.2 Å². The summed E-state index contributed by atoms with van der Waals surface area (Å²) in [5.41, 5.74) is 2.23. The van der Waals surface area contributed by atoms with Crippen LogP contribution in [-0.2, 0) is 4.79 Å². The van der Waals surface area contributed by atoms with Crippen LogP contribution >= 0.6 is 0 Å². The first-order chi connectivity index (χ1) is 9.40. The highest BCUT2D eigenvalue weighted by Gasteiger charge is 2.37. The van der Waals surface area contributed by atoms with Gasteiger partial charge in [-0.2, -0.15) is 0 Å². The molecule has 1 saturated heterocycles. The van der Waals surface area contributed by atoms with Crippen molar-refractivity contribution in [3.8, 4) is 0 Å². The molecule has 110 valence electrons. The Morgan fingerprint density at radius 2 is 1.90 bits per heavy atom. The molecule has 1 aromatic carbocycles. The minimum atomic E-state index is -0.925. The van der Waals surface area contributed by atoms with E-state index in [0.29, 0.717) is 13.0 Å². The van der Waals surface area contributed by atoms with Gasteiger partial charge < -0.3 is 15.1 Å². The van der Waals surface area contributed by atoms with Crippen LogP contribution in [0.15, 0.2) is 24.3 Å². The fourth-order valence-electron chi connectivity index (χ4n) is 2.76. The standard InChI is InChI=1S/C15H22N2O3/c1-16(2)11-6-4-10(5-7-11)13-8-14(18)12(15(19)20)9-17(13)3/h4-7,12-14,18H,8-9H2,1-3H3,(H,19,20). The van der Waals surface area contributed by atoms with Gasteiger partial charge in [-0.05, 0) is 31.2 Å². The van der Waals surface area contributed by atoms with E-state index in [4.69, 9.17) is 5.11 Å². The molecule has 0 spiro atoms. The van der Waals surface area contributed by atoms with E-state index in [-0.39, 0.29) is 6.04 Å². The molecular formula is C15H22N2O3. The van der Waals surface area contributed by atoms with Crippen molar-refractivity contribution in [2.75, 3.05) is 32.6 Å². The molecule has 2 N–H and O–H groups in total. The number of aliphatic hydroxyl groups is 1. The van der Waals surface area contributed by atoms with E-state index in [2.05, 4.69) is 0 Å². The second-order valence-electron chi connectivity index (χ2n) is 5.69. The number of rotatable bonds is 3. The van der Waals surface area contributed by atoms with Crippen LogP contribution in [0, 0.1) is 5.92 Å². The van der Waals surface area contributed by atoms with Gasteiger partial charge in [-0.3, -0.25) is 9.69 Å². The molecule has 0 bridgehead atoms. The maximum atomic E-state index is 11.1. The summed E-state index contributed by atoms with van der Waals surface area (Å²) < 4.78 is 0. The molecule has 1 aliphatic heterocycles. The van der Waals surface area contributed by atoms with E-state index in [9.17, 15) is 9.90 Å². The van der Waals surface area contributed by atoms with E-state index >= 15 is 0 Å². The van der Waals surface area contributed by atoms with E-state index < -0.39 is 18.0 Å². The number of likely N-dealkylation sites (tertiary alicyclic amines) is 1. The Hall–Kier alpha value is -1.59. The van der Waals surface area contributed by atoms with Gasteiger partial charge in [-0.1, -0.05) is 12.1 Å². The van der Waals surface area contributed by atoms with Gasteiger partial charge in [0.25, 0.3) is 0 Å². The van der Waals surface area contributed by atoms with Crippen molar-refractivity contribution in [3.05, 3.63) is 29.8 Å². The molecule has 1 aliphatic rings. The predicted molar refractivity (Wildman–Crippen MR) is 77.9 cm³/mol. The Morgan fingerprint density at radius 3 is 2.40 bits per heavy atom. The number of nitrogens with zero attached hydrogens (tertiary/aromatic N) is 2. The average Bonchev–Trinajstić information content (AvgIpc) is 2.40. The first-order valence-corrected chi connectivity index (χ1v) is 6.78. The van der Waals surface area contributed by atoms with E-state index in [1.54, 1.807) is 0 Å². The van der Waals surface area contributed by atoms with Gasteiger partial charge >= 0.3 is 5.97 Å². The van der Waals surface area contributed by atoms with Crippen LogP contribution in [0.1, 0.15) is 18.0 Å². The summed E-state index contributed by atoms with van der Waals surface area (Å²) in [6.07, 6.45) is -0.336. The average molecular weight is 278 g/mol. The lowest BCUT2D eigenvalue weighted by Gasteiger charge is -2.39. The number of aliphatic hydroxyl groups excluding tert-OH is 1. The minimum Gasteiger partial charge on any atom is -0.481 e. The SMILES string of the molecule is CN(C)c1ccc(C2CC(O)C(C(=O)O)CN2C)cc1. The number of hydrogen-bond acceptors (Lipinski definition) is 4. The monoisotopic (exact) mass is 278 g/mol. The molecule has 1 heterocycles. The van der Waals surface area contributed by atoms with Crippen LogP contribution in [0.4, 0.5) is 5.69 Å². The van der Waals surface area contributed by atoms with Crippen molar-refractivity contribution in [2.45, 2.75) is 18.6 Å². The number of benzene rings is 1. The van der Waals surface area contributed by atoms with Gasteiger partial charge in [0.15, 0.2) is 0 Å². The highest BCUT2D eigenvalue weighted by atomic mass is 16.4. The molecule has 5 heteroatoms. The quantitative estimate of drug-likeness (QED) is 0.869. The van der Waals surface area contributed by atoms with Crippen molar-refractivity contribution < 1.29 is 15.0 Å². The number of anilines is 1. The number of carboxylic acids is 1. The molecule has 0 aromatic heterocycles. The molecule has 0 amide bonds. The highest BCUT2D eigenvalue weighted by Crippen LogP contribution is 2.33. The van der Waals surface area contributed by atoms with Crippen LogP contribution in [0.25, 0.3) is 0 Å². The first kappa shape index (κ1) is 14.8. The maximum absolute atomic E-state index is 11.1. The lowest BCUT2D eigenvalue weighted by Crippen LogP contribution is -2.46. The topological polar surface area (TPSA) is 64.0 Å². The van der Waals surface area contributed by atoms with Crippen LogP contribution in [0.3, 0.4) is 0 Å².